The van der Waals surface area contributed by atoms with Crippen molar-refractivity contribution in [3.8, 4) is 0 Å². The molecule has 2 N–H and O–H groups in total. The van der Waals surface area contributed by atoms with Crippen LogP contribution < -0.4 is 5.73 Å². The van der Waals surface area contributed by atoms with Gasteiger partial charge in [0.2, 0.25) is 0 Å². The van der Waals surface area contributed by atoms with Crippen molar-refractivity contribution in [3.63, 3.8) is 0 Å². The molecule has 0 saturated carbocycles. The molecule has 0 heterocycles. The first-order chi connectivity index (χ1) is 6.11. The third-order valence-electron chi connectivity index (χ3n) is 1.41. The lowest BCUT2D eigenvalue weighted by molar-refractivity contribution is -0.122. The fourth-order valence-corrected chi connectivity index (χ4v) is 0.800. The second-order valence-corrected chi connectivity index (χ2v) is 2.40. The highest BCUT2D eigenvalue weighted by Gasteiger charge is 2.17. The van der Waals surface area contributed by atoms with Crippen LogP contribution >= 0.6 is 0 Å². The van der Waals surface area contributed by atoms with E-state index in [2.05, 4.69) is 17.9 Å². The van der Waals surface area contributed by atoms with Gasteiger partial charge in [-0.3, -0.25) is 4.79 Å². The number of hydrogen-bond acceptors (Lipinski definition) is 3. The van der Waals surface area contributed by atoms with Crippen molar-refractivity contribution in [1.29, 1.82) is 0 Å². The van der Waals surface area contributed by atoms with Gasteiger partial charge in [0.05, 0.1) is 0 Å². The Morgan fingerprint density at radius 3 is 2.46 bits per heavy atom. The summed E-state index contributed by atoms with van der Waals surface area (Å²) in [5.41, 5.74) is 4.78. The minimum absolute atomic E-state index is 0.347. The molecule has 0 aromatic heterocycles. The number of carbonyl (C=O) groups excluding carboxylic acids is 2. The molecule has 0 aliphatic carbocycles. The van der Waals surface area contributed by atoms with Crippen molar-refractivity contribution in [2.24, 2.45) is 5.73 Å². The lowest BCUT2D eigenvalue weighted by Gasteiger charge is -2.11. The van der Waals surface area contributed by atoms with Crippen LogP contribution in [-0.4, -0.2) is 18.0 Å². The molecular weight excluding hydrogens is 170 g/mol. The summed E-state index contributed by atoms with van der Waals surface area (Å²) in [6.45, 7) is 6.78. The molecule has 13 heavy (non-hydrogen) atoms. The van der Waals surface area contributed by atoms with Crippen molar-refractivity contribution in [2.45, 2.75) is 18.9 Å². The molecule has 0 aliphatic rings. The molecule has 0 aliphatic heterocycles. The topological polar surface area (TPSA) is 69.4 Å². The maximum Gasteiger partial charge on any atom is 0.405 e. The first-order valence-electron chi connectivity index (χ1n) is 3.85. The number of ether oxygens (including phenoxy) is 1. The van der Waals surface area contributed by atoms with E-state index in [0.29, 0.717) is 12.8 Å². The highest BCUT2D eigenvalue weighted by atomic mass is 16.6. The van der Waals surface area contributed by atoms with Gasteiger partial charge in [-0.25, -0.2) is 4.79 Å². The number of primary amides is 1. The molecule has 1 amide bonds. The van der Waals surface area contributed by atoms with Crippen LogP contribution in [0.4, 0.5) is 4.79 Å². The molecule has 0 rings (SSSR count). The minimum Gasteiger partial charge on any atom is -0.438 e. The monoisotopic (exact) mass is 183 g/mol. The number of allylic oxidation sites excluding steroid dienone is 1. The molecule has 1 atom stereocenters. The quantitative estimate of drug-likeness (QED) is 0.496. The number of carbonyl (C=O) groups is 2. The zero-order valence-corrected chi connectivity index (χ0v) is 7.36. The molecule has 4 nitrogen and oxygen atoms in total. The van der Waals surface area contributed by atoms with E-state index in [0.717, 1.165) is 6.08 Å². The number of ketones is 1. The van der Waals surface area contributed by atoms with Crippen molar-refractivity contribution >= 4 is 11.9 Å². The van der Waals surface area contributed by atoms with E-state index < -0.39 is 12.2 Å². The zero-order chi connectivity index (χ0) is 10.3. The van der Waals surface area contributed by atoms with E-state index in [1.807, 2.05) is 0 Å². The summed E-state index contributed by atoms with van der Waals surface area (Å²) in [5, 5.41) is 0. The van der Waals surface area contributed by atoms with E-state index in [1.54, 1.807) is 6.08 Å². The van der Waals surface area contributed by atoms with Crippen LogP contribution in [0.5, 0.6) is 0 Å². The van der Waals surface area contributed by atoms with Gasteiger partial charge in [0.1, 0.15) is 0 Å². The zero-order valence-electron chi connectivity index (χ0n) is 7.36. The Hall–Kier alpha value is -1.58. The molecule has 0 aromatic carbocycles. The standard InChI is InChI=1S/C9H13NO3/c1-3-5-6-8(7(11)4-2)13-9(10)12/h3-4,8H,1-2,5-6H2,(H2,10,12). The van der Waals surface area contributed by atoms with Gasteiger partial charge in [0.15, 0.2) is 11.9 Å². The highest BCUT2D eigenvalue weighted by Crippen LogP contribution is 2.04. The second kappa shape index (κ2) is 5.99. The molecule has 1 unspecified atom stereocenters. The summed E-state index contributed by atoms with van der Waals surface area (Å²) in [7, 11) is 0. The predicted octanol–water partition coefficient (Wildman–Crippen LogP) is 1.17. The lowest BCUT2D eigenvalue weighted by atomic mass is 10.1. The largest absolute Gasteiger partial charge is 0.438 e. The van der Waals surface area contributed by atoms with Crippen molar-refractivity contribution in [3.05, 3.63) is 25.3 Å². The molecule has 0 radical (unpaired) electrons. The summed E-state index contributed by atoms with van der Waals surface area (Å²) >= 11 is 0. The van der Waals surface area contributed by atoms with E-state index in [9.17, 15) is 9.59 Å². The van der Waals surface area contributed by atoms with Gasteiger partial charge >= 0.3 is 6.09 Å². The van der Waals surface area contributed by atoms with Gasteiger partial charge in [-0.1, -0.05) is 12.7 Å². The number of hydrogen-bond donors (Lipinski definition) is 1. The normalized spacial score (nSPS) is 11.4. The maximum atomic E-state index is 11.1. The van der Waals surface area contributed by atoms with Gasteiger partial charge in [-0.05, 0) is 18.9 Å². The second-order valence-electron chi connectivity index (χ2n) is 2.40. The van der Waals surface area contributed by atoms with Gasteiger partial charge in [0, 0.05) is 0 Å². The van der Waals surface area contributed by atoms with Crippen molar-refractivity contribution in [2.75, 3.05) is 0 Å². The van der Waals surface area contributed by atoms with Gasteiger partial charge < -0.3 is 10.5 Å². The fraction of sp³-hybridized carbons (Fsp3) is 0.333. The Kier molecular flexibility index (Phi) is 5.27. The summed E-state index contributed by atoms with van der Waals surface area (Å²) in [6, 6.07) is 0. The Labute approximate surface area is 77.1 Å². The van der Waals surface area contributed by atoms with Crippen LogP contribution in [0, 0.1) is 0 Å². The maximum absolute atomic E-state index is 11.1. The third-order valence-corrected chi connectivity index (χ3v) is 1.41. The molecule has 0 bridgehead atoms. The van der Waals surface area contributed by atoms with E-state index in [-0.39, 0.29) is 5.78 Å². The number of amides is 1. The lowest BCUT2D eigenvalue weighted by Crippen LogP contribution is -2.28. The number of nitrogens with two attached hydrogens (primary N) is 1. The molecule has 72 valence electrons. The van der Waals surface area contributed by atoms with E-state index in [4.69, 9.17) is 5.73 Å². The van der Waals surface area contributed by atoms with Crippen LogP contribution in [0.3, 0.4) is 0 Å². The molecule has 4 heteroatoms. The van der Waals surface area contributed by atoms with Crippen molar-refractivity contribution in [1.82, 2.24) is 0 Å². The Morgan fingerprint density at radius 1 is 1.46 bits per heavy atom. The van der Waals surface area contributed by atoms with Crippen LogP contribution in [0.25, 0.3) is 0 Å². The predicted molar refractivity (Wildman–Crippen MR) is 49.1 cm³/mol. The Balaban J connectivity index is 4.17. The molecule has 0 spiro atoms. The fourth-order valence-electron chi connectivity index (χ4n) is 0.800. The van der Waals surface area contributed by atoms with Gasteiger partial charge in [-0.15, -0.1) is 6.58 Å². The van der Waals surface area contributed by atoms with Gasteiger partial charge in [0.25, 0.3) is 0 Å². The summed E-state index contributed by atoms with van der Waals surface area (Å²) in [5.74, 6) is -0.347. The van der Waals surface area contributed by atoms with Crippen LogP contribution in [0.1, 0.15) is 12.8 Å². The van der Waals surface area contributed by atoms with Gasteiger partial charge in [-0.2, -0.15) is 0 Å². The van der Waals surface area contributed by atoms with E-state index in [1.165, 1.54) is 0 Å². The molecule has 0 fully saturated rings. The average molecular weight is 183 g/mol. The smallest absolute Gasteiger partial charge is 0.405 e. The van der Waals surface area contributed by atoms with Crippen LogP contribution in [0.2, 0.25) is 0 Å². The van der Waals surface area contributed by atoms with Crippen LogP contribution in [-0.2, 0) is 9.53 Å². The first kappa shape index (κ1) is 11.4. The summed E-state index contributed by atoms with van der Waals surface area (Å²) < 4.78 is 4.58. The van der Waals surface area contributed by atoms with Crippen molar-refractivity contribution < 1.29 is 14.3 Å². The molecule has 0 aromatic rings. The highest BCUT2D eigenvalue weighted by molar-refractivity contribution is 5.94. The number of rotatable bonds is 6. The molecular formula is C9H13NO3. The third kappa shape index (κ3) is 4.79. The molecule has 0 saturated heterocycles. The Morgan fingerprint density at radius 2 is 2.08 bits per heavy atom. The van der Waals surface area contributed by atoms with E-state index >= 15 is 0 Å². The van der Waals surface area contributed by atoms with Crippen LogP contribution in [0.15, 0.2) is 25.3 Å². The minimum atomic E-state index is -0.954. The summed E-state index contributed by atoms with van der Waals surface area (Å²) in [6.07, 6.45) is 1.93. The first-order valence-corrected chi connectivity index (χ1v) is 3.85. The Bertz CT molecular complexity index is 223. The SMILES string of the molecule is C=CCCC(OC(N)=O)C(=O)C=C. The summed E-state index contributed by atoms with van der Waals surface area (Å²) in [4.78, 5) is 21.4. The average Bonchev–Trinajstić information content (AvgIpc) is 2.10.